The lowest BCUT2D eigenvalue weighted by molar-refractivity contribution is -0.192. The summed E-state index contributed by atoms with van der Waals surface area (Å²) in [6, 6.07) is 13.3. The summed E-state index contributed by atoms with van der Waals surface area (Å²) in [5.41, 5.74) is 0.871. The Kier molecular flexibility index (Phi) is 7.84. The van der Waals surface area contributed by atoms with Crippen molar-refractivity contribution < 1.29 is 40.6 Å². The van der Waals surface area contributed by atoms with Gasteiger partial charge in [-0.3, -0.25) is 4.90 Å². The van der Waals surface area contributed by atoms with Crippen LogP contribution in [0.15, 0.2) is 53.4 Å². The van der Waals surface area contributed by atoms with Gasteiger partial charge in [0.25, 0.3) is 0 Å². The molecule has 2 heterocycles. The minimum absolute atomic E-state index is 0.202. The minimum atomic E-state index is -5.08. The number of sulfonamides is 1. The van der Waals surface area contributed by atoms with Gasteiger partial charge in [-0.1, -0.05) is 24.3 Å². The molecule has 0 atom stereocenters. The third-order valence-corrected chi connectivity index (χ3v) is 7.23. The molecule has 0 bridgehead atoms. The highest BCUT2D eigenvalue weighted by Gasteiger charge is 2.39. The van der Waals surface area contributed by atoms with Crippen molar-refractivity contribution in [2.75, 3.05) is 26.2 Å². The van der Waals surface area contributed by atoms with E-state index in [2.05, 4.69) is 9.62 Å². The SMILES string of the molecule is O=C(O)C(F)(F)F.O=S1(=O)NCC2(CCN(Cc3ccc(F)cc3)CC2)COc2ccccc21. The number of alkyl halides is 3. The second-order valence-electron chi connectivity index (χ2n) is 8.27. The average Bonchev–Trinajstić information content (AvgIpc) is 2.79. The molecule has 1 fully saturated rings. The lowest BCUT2D eigenvalue weighted by Gasteiger charge is -2.42. The fourth-order valence-corrected chi connectivity index (χ4v) is 5.06. The molecule has 0 unspecified atom stereocenters. The third kappa shape index (κ3) is 6.67. The van der Waals surface area contributed by atoms with Gasteiger partial charge in [0, 0.05) is 18.5 Å². The van der Waals surface area contributed by atoms with Gasteiger partial charge in [-0.25, -0.2) is 22.3 Å². The molecule has 2 aliphatic rings. The predicted octanol–water partition coefficient (Wildman–Crippen LogP) is 3.41. The number of hydrogen-bond acceptors (Lipinski definition) is 5. The molecule has 34 heavy (non-hydrogen) atoms. The molecule has 4 rings (SSSR count). The molecule has 2 N–H and O–H groups in total. The Labute approximate surface area is 194 Å². The van der Waals surface area contributed by atoms with Gasteiger partial charge < -0.3 is 9.84 Å². The molecule has 7 nitrogen and oxygen atoms in total. The monoisotopic (exact) mass is 504 g/mol. The van der Waals surface area contributed by atoms with Crippen LogP contribution in [0.1, 0.15) is 18.4 Å². The van der Waals surface area contributed by atoms with Crippen LogP contribution in [0.2, 0.25) is 0 Å². The first-order chi connectivity index (χ1) is 15.9. The molecule has 0 radical (unpaired) electrons. The number of aliphatic carboxylic acids is 1. The molecular formula is C22H24F4N2O5S. The number of para-hydroxylation sites is 1. The molecular weight excluding hydrogens is 480 g/mol. The zero-order chi connectivity index (χ0) is 25.0. The van der Waals surface area contributed by atoms with Crippen LogP contribution < -0.4 is 9.46 Å². The van der Waals surface area contributed by atoms with Crippen molar-refractivity contribution in [1.82, 2.24) is 9.62 Å². The van der Waals surface area contributed by atoms with Crippen LogP contribution >= 0.6 is 0 Å². The van der Waals surface area contributed by atoms with Crippen LogP contribution in [0.5, 0.6) is 5.75 Å². The summed E-state index contributed by atoms with van der Waals surface area (Å²) in [6.45, 7) is 3.35. The first-order valence-electron chi connectivity index (χ1n) is 10.4. The molecule has 0 amide bonds. The summed E-state index contributed by atoms with van der Waals surface area (Å²) in [5.74, 6) is -2.57. The number of halogens is 4. The number of carbonyl (C=O) groups is 1. The molecule has 186 valence electrons. The van der Waals surface area contributed by atoms with Crippen LogP contribution in [0.4, 0.5) is 17.6 Å². The summed E-state index contributed by atoms with van der Waals surface area (Å²) < 4.78 is 78.7. The molecule has 2 aromatic carbocycles. The Bertz CT molecular complexity index is 1100. The Morgan fingerprint density at radius 3 is 2.26 bits per heavy atom. The smallest absolute Gasteiger partial charge is 0.490 e. The van der Waals surface area contributed by atoms with Gasteiger partial charge in [-0.15, -0.1) is 0 Å². The highest BCUT2D eigenvalue weighted by molar-refractivity contribution is 7.89. The van der Waals surface area contributed by atoms with E-state index in [1.54, 1.807) is 24.3 Å². The number of rotatable bonds is 2. The van der Waals surface area contributed by atoms with Crippen molar-refractivity contribution in [3.8, 4) is 5.75 Å². The summed E-state index contributed by atoms with van der Waals surface area (Å²) in [4.78, 5) is 11.4. The van der Waals surface area contributed by atoms with E-state index in [0.29, 0.717) is 18.9 Å². The molecule has 2 aliphatic heterocycles. The first kappa shape index (κ1) is 25.9. The zero-order valence-electron chi connectivity index (χ0n) is 18.0. The topological polar surface area (TPSA) is 95.9 Å². The van der Waals surface area contributed by atoms with Crippen LogP contribution in [-0.4, -0.2) is 56.8 Å². The average molecular weight is 505 g/mol. The standard InChI is InChI=1S/C20H23FN2O3S.C2HF3O2/c21-17-7-5-16(6-8-17)13-23-11-9-20(10-12-23)14-22-27(24,25)19-4-2-1-3-18(19)26-15-20;3-2(4,5)1(6)7/h1-8,22H,9-15H2;(H,6,7). The van der Waals surface area contributed by atoms with E-state index in [1.807, 2.05) is 12.1 Å². The van der Waals surface area contributed by atoms with Gasteiger partial charge in [0.2, 0.25) is 10.0 Å². The van der Waals surface area contributed by atoms with E-state index in [0.717, 1.165) is 38.0 Å². The van der Waals surface area contributed by atoms with Crippen molar-refractivity contribution in [1.29, 1.82) is 0 Å². The summed E-state index contributed by atoms with van der Waals surface area (Å²) in [6.07, 6.45) is -3.39. The van der Waals surface area contributed by atoms with Gasteiger partial charge >= 0.3 is 12.1 Å². The summed E-state index contributed by atoms with van der Waals surface area (Å²) >= 11 is 0. The summed E-state index contributed by atoms with van der Waals surface area (Å²) in [7, 11) is -3.57. The molecule has 2 aromatic rings. The Morgan fingerprint density at radius 1 is 1.09 bits per heavy atom. The van der Waals surface area contributed by atoms with E-state index < -0.39 is 22.2 Å². The van der Waals surface area contributed by atoms with Crippen LogP contribution in [0.25, 0.3) is 0 Å². The van der Waals surface area contributed by atoms with Crippen molar-refractivity contribution in [3.05, 3.63) is 59.9 Å². The second-order valence-corrected chi connectivity index (χ2v) is 10.0. The number of fused-ring (bicyclic) bond motifs is 1. The zero-order valence-corrected chi connectivity index (χ0v) is 18.8. The minimum Gasteiger partial charge on any atom is -0.492 e. The lowest BCUT2D eigenvalue weighted by atomic mass is 9.79. The van der Waals surface area contributed by atoms with Crippen LogP contribution in [0.3, 0.4) is 0 Å². The predicted molar refractivity (Wildman–Crippen MR) is 114 cm³/mol. The second kappa shape index (κ2) is 10.3. The third-order valence-electron chi connectivity index (χ3n) is 5.79. The number of benzene rings is 2. The molecule has 1 spiro atoms. The molecule has 0 aliphatic carbocycles. The van der Waals surface area contributed by atoms with Crippen molar-refractivity contribution in [2.24, 2.45) is 5.41 Å². The maximum Gasteiger partial charge on any atom is 0.490 e. The Balaban J connectivity index is 0.000000406. The lowest BCUT2D eigenvalue weighted by Crippen LogP contribution is -2.49. The Morgan fingerprint density at radius 2 is 1.68 bits per heavy atom. The number of nitrogens with one attached hydrogen (secondary N) is 1. The number of carboxylic acid groups (broad SMARTS) is 1. The van der Waals surface area contributed by atoms with E-state index >= 15 is 0 Å². The maximum atomic E-state index is 13.1. The molecule has 0 aromatic heterocycles. The number of piperidine rings is 1. The molecule has 1 saturated heterocycles. The highest BCUT2D eigenvalue weighted by atomic mass is 32.2. The van der Waals surface area contributed by atoms with Gasteiger partial charge in [0.1, 0.15) is 16.5 Å². The number of nitrogens with zero attached hydrogens (tertiary/aromatic N) is 1. The molecule has 0 saturated carbocycles. The maximum absolute atomic E-state index is 13.1. The van der Waals surface area contributed by atoms with Gasteiger partial charge in [0.05, 0.1) is 6.61 Å². The van der Waals surface area contributed by atoms with Crippen LogP contribution in [0, 0.1) is 11.2 Å². The van der Waals surface area contributed by atoms with Crippen LogP contribution in [-0.2, 0) is 21.4 Å². The fourth-order valence-electron chi connectivity index (χ4n) is 3.75. The van der Waals surface area contributed by atoms with Gasteiger partial charge in [-0.05, 0) is 55.8 Å². The first-order valence-corrected chi connectivity index (χ1v) is 11.9. The highest BCUT2D eigenvalue weighted by Crippen LogP contribution is 2.36. The van der Waals surface area contributed by atoms with E-state index in [9.17, 15) is 26.0 Å². The van der Waals surface area contributed by atoms with Crippen molar-refractivity contribution >= 4 is 16.0 Å². The summed E-state index contributed by atoms with van der Waals surface area (Å²) in [5, 5.41) is 7.12. The van der Waals surface area contributed by atoms with E-state index in [1.165, 1.54) is 12.1 Å². The fraction of sp³-hybridized carbons (Fsp3) is 0.409. The van der Waals surface area contributed by atoms with Gasteiger partial charge in [0.15, 0.2) is 0 Å². The van der Waals surface area contributed by atoms with Crippen molar-refractivity contribution in [3.63, 3.8) is 0 Å². The number of ether oxygens (including phenoxy) is 1. The van der Waals surface area contributed by atoms with E-state index in [4.69, 9.17) is 14.6 Å². The Hall–Kier alpha value is -2.70. The largest absolute Gasteiger partial charge is 0.492 e. The van der Waals surface area contributed by atoms with Crippen molar-refractivity contribution in [2.45, 2.75) is 30.5 Å². The molecule has 12 heteroatoms. The van der Waals surface area contributed by atoms with E-state index in [-0.39, 0.29) is 16.1 Å². The quantitative estimate of drug-likeness (QED) is 0.609. The number of hydrogen-bond donors (Lipinski definition) is 2. The number of likely N-dealkylation sites (tertiary alicyclic amines) is 1. The van der Waals surface area contributed by atoms with Gasteiger partial charge in [-0.2, -0.15) is 13.2 Å². The normalized spacial score (nSPS) is 19.5. The number of carboxylic acids is 1.